The molecular weight excluding hydrogens is 174 g/mol. The molecule has 0 bridgehead atoms. The predicted molar refractivity (Wildman–Crippen MR) is 56.8 cm³/mol. The Bertz CT molecular complexity index is 393. The van der Waals surface area contributed by atoms with Gasteiger partial charge in [-0.1, -0.05) is 24.3 Å². The molecule has 14 heavy (non-hydrogen) atoms. The van der Waals surface area contributed by atoms with E-state index in [-0.39, 0.29) is 5.78 Å². The monoisotopic (exact) mass is 187 g/mol. The Morgan fingerprint density at radius 1 is 1.36 bits per heavy atom. The Morgan fingerprint density at radius 2 is 2.14 bits per heavy atom. The van der Waals surface area contributed by atoms with Gasteiger partial charge in [-0.25, -0.2) is 0 Å². The van der Waals surface area contributed by atoms with E-state index < -0.39 is 0 Å². The maximum absolute atomic E-state index is 10.8. The second-order valence-electron chi connectivity index (χ2n) is 3.62. The molecule has 0 spiro atoms. The smallest absolute Gasteiger partial charge is 0.151 e. The summed E-state index contributed by atoms with van der Waals surface area (Å²) in [4.78, 5) is 15.1. The average Bonchev–Trinajstić information content (AvgIpc) is 2.58. The molecule has 0 radical (unpaired) electrons. The van der Waals surface area contributed by atoms with Crippen molar-refractivity contribution < 1.29 is 4.79 Å². The molecule has 1 aliphatic rings. The van der Waals surface area contributed by atoms with Gasteiger partial charge in [-0.15, -0.1) is 0 Å². The lowest BCUT2D eigenvalue weighted by atomic mass is 10.1. The molecule has 0 saturated heterocycles. The van der Waals surface area contributed by atoms with Crippen LogP contribution in [0.4, 0.5) is 0 Å². The quantitative estimate of drug-likeness (QED) is 0.696. The lowest BCUT2D eigenvalue weighted by molar-refractivity contribution is -0.115. The van der Waals surface area contributed by atoms with Gasteiger partial charge in [0.1, 0.15) is 0 Å². The third kappa shape index (κ3) is 1.74. The topological polar surface area (TPSA) is 29.4 Å². The maximum atomic E-state index is 10.8. The van der Waals surface area contributed by atoms with Gasteiger partial charge < -0.3 is 0 Å². The number of fused-ring (bicyclic) bond motifs is 1. The summed E-state index contributed by atoms with van der Waals surface area (Å²) >= 11 is 0. The zero-order chi connectivity index (χ0) is 9.97. The van der Waals surface area contributed by atoms with Crippen LogP contribution in [0.3, 0.4) is 0 Å². The molecule has 1 aliphatic carbocycles. The lowest BCUT2D eigenvalue weighted by Crippen LogP contribution is -2.01. The van der Waals surface area contributed by atoms with E-state index in [1.165, 1.54) is 11.1 Å². The highest BCUT2D eigenvalue weighted by molar-refractivity contribution is 6.05. The van der Waals surface area contributed by atoms with Gasteiger partial charge in [-0.3, -0.25) is 9.79 Å². The first-order chi connectivity index (χ1) is 6.77. The number of nitrogens with zero attached hydrogens (tertiary/aromatic N) is 1. The average molecular weight is 187 g/mol. The summed E-state index contributed by atoms with van der Waals surface area (Å²) in [7, 11) is 0. The van der Waals surface area contributed by atoms with Crippen molar-refractivity contribution in [1.82, 2.24) is 0 Å². The van der Waals surface area contributed by atoms with E-state index >= 15 is 0 Å². The molecule has 2 rings (SSSR count). The molecule has 0 unspecified atom stereocenters. The predicted octanol–water partition coefficient (Wildman–Crippen LogP) is 2.01. The fraction of sp³-hybridized carbons (Fsp3) is 0.333. The van der Waals surface area contributed by atoms with Crippen LogP contribution in [0.1, 0.15) is 24.5 Å². The Kier molecular flexibility index (Phi) is 2.44. The summed E-state index contributed by atoms with van der Waals surface area (Å²) in [5.41, 5.74) is 3.68. The normalized spacial score (nSPS) is 17.1. The van der Waals surface area contributed by atoms with E-state index in [0.717, 1.165) is 18.6 Å². The molecule has 0 atom stereocenters. The van der Waals surface area contributed by atoms with Crippen LogP contribution in [0.5, 0.6) is 0 Å². The van der Waals surface area contributed by atoms with Gasteiger partial charge in [0.25, 0.3) is 0 Å². The summed E-state index contributed by atoms with van der Waals surface area (Å²) in [6.45, 7) is 1.90. The van der Waals surface area contributed by atoms with Gasteiger partial charge in [0, 0.05) is 5.71 Å². The standard InChI is InChI=1S/C12H13NO/c1-9(14)8-13-12-7-6-10-4-2-3-5-11(10)12/h2-5H,6-8H2,1H3. The van der Waals surface area contributed by atoms with Gasteiger partial charge in [0.15, 0.2) is 5.78 Å². The molecule has 72 valence electrons. The largest absolute Gasteiger partial charge is 0.298 e. The van der Waals surface area contributed by atoms with Crippen molar-refractivity contribution in [2.75, 3.05) is 6.54 Å². The molecule has 0 aliphatic heterocycles. The third-order valence-corrected chi connectivity index (χ3v) is 2.45. The molecule has 0 aromatic heterocycles. The number of ketones is 1. The van der Waals surface area contributed by atoms with Crippen molar-refractivity contribution in [3.8, 4) is 0 Å². The first kappa shape index (κ1) is 9.13. The minimum absolute atomic E-state index is 0.127. The molecule has 2 nitrogen and oxygen atoms in total. The number of carbonyl (C=O) groups excluding carboxylic acids is 1. The van der Waals surface area contributed by atoms with Crippen molar-refractivity contribution in [3.63, 3.8) is 0 Å². The number of aliphatic imine (C=N–C) groups is 1. The van der Waals surface area contributed by atoms with E-state index in [9.17, 15) is 4.79 Å². The number of rotatable bonds is 2. The van der Waals surface area contributed by atoms with E-state index in [2.05, 4.69) is 17.1 Å². The van der Waals surface area contributed by atoms with Gasteiger partial charge in [-0.2, -0.15) is 0 Å². The highest BCUT2D eigenvalue weighted by atomic mass is 16.1. The summed E-state index contributed by atoms with van der Waals surface area (Å²) in [5.74, 6) is 0.127. The van der Waals surface area contributed by atoms with E-state index in [0.29, 0.717) is 6.54 Å². The molecule has 1 aromatic rings. The van der Waals surface area contributed by atoms with Gasteiger partial charge in [-0.05, 0) is 30.9 Å². The van der Waals surface area contributed by atoms with Gasteiger partial charge in [0.2, 0.25) is 0 Å². The highest BCUT2D eigenvalue weighted by Gasteiger charge is 2.16. The SMILES string of the molecule is CC(=O)CN=C1CCc2ccccc21. The van der Waals surface area contributed by atoms with E-state index in [4.69, 9.17) is 0 Å². The zero-order valence-corrected chi connectivity index (χ0v) is 8.29. The van der Waals surface area contributed by atoms with Crippen molar-refractivity contribution in [2.45, 2.75) is 19.8 Å². The highest BCUT2D eigenvalue weighted by Crippen LogP contribution is 2.21. The summed E-state index contributed by atoms with van der Waals surface area (Å²) < 4.78 is 0. The number of aryl methyl sites for hydroxylation is 1. The number of hydrogen-bond donors (Lipinski definition) is 0. The van der Waals surface area contributed by atoms with Crippen molar-refractivity contribution >= 4 is 11.5 Å². The number of carbonyl (C=O) groups is 1. The van der Waals surface area contributed by atoms with Crippen molar-refractivity contribution in [3.05, 3.63) is 35.4 Å². The molecule has 1 aromatic carbocycles. The van der Waals surface area contributed by atoms with Crippen molar-refractivity contribution in [1.29, 1.82) is 0 Å². The summed E-state index contributed by atoms with van der Waals surface area (Å²) in [6, 6.07) is 8.28. The molecule has 0 fully saturated rings. The van der Waals surface area contributed by atoms with E-state index in [1.54, 1.807) is 6.92 Å². The van der Waals surface area contributed by atoms with Crippen LogP contribution in [0.2, 0.25) is 0 Å². The van der Waals surface area contributed by atoms with Crippen LogP contribution in [-0.2, 0) is 11.2 Å². The molecule has 0 saturated carbocycles. The van der Waals surface area contributed by atoms with Crippen molar-refractivity contribution in [2.24, 2.45) is 4.99 Å². The molecule has 0 heterocycles. The van der Waals surface area contributed by atoms with Crippen LogP contribution < -0.4 is 0 Å². The molecule has 0 amide bonds. The zero-order valence-electron chi connectivity index (χ0n) is 8.29. The fourth-order valence-electron chi connectivity index (χ4n) is 1.78. The van der Waals surface area contributed by atoms with Crippen LogP contribution in [0.15, 0.2) is 29.3 Å². The Labute approximate surface area is 83.7 Å². The van der Waals surface area contributed by atoms with Crippen LogP contribution in [0, 0.1) is 0 Å². The maximum Gasteiger partial charge on any atom is 0.151 e. The second-order valence-corrected chi connectivity index (χ2v) is 3.62. The van der Waals surface area contributed by atoms with Gasteiger partial charge >= 0.3 is 0 Å². The number of Topliss-reactive ketones (excluding diaryl/α,β-unsaturated/α-hetero) is 1. The first-order valence-electron chi connectivity index (χ1n) is 4.88. The Morgan fingerprint density at radius 3 is 2.93 bits per heavy atom. The number of benzene rings is 1. The van der Waals surface area contributed by atoms with Crippen LogP contribution in [0.25, 0.3) is 0 Å². The van der Waals surface area contributed by atoms with Gasteiger partial charge in [0.05, 0.1) is 6.54 Å². The van der Waals surface area contributed by atoms with Crippen LogP contribution >= 0.6 is 0 Å². The number of hydrogen-bond acceptors (Lipinski definition) is 2. The minimum atomic E-state index is 0.127. The third-order valence-electron chi connectivity index (χ3n) is 2.45. The first-order valence-corrected chi connectivity index (χ1v) is 4.88. The lowest BCUT2D eigenvalue weighted by Gasteiger charge is -1.98. The fourth-order valence-corrected chi connectivity index (χ4v) is 1.78. The van der Waals surface area contributed by atoms with Crippen LogP contribution in [-0.4, -0.2) is 18.0 Å². The molecule has 2 heteroatoms. The van der Waals surface area contributed by atoms with E-state index in [1.807, 2.05) is 12.1 Å². The Hall–Kier alpha value is -1.44. The second kappa shape index (κ2) is 3.74. The molecular formula is C12H13NO. The summed E-state index contributed by atoms with van der Waals surface area (Å²) in [5, 5.41) is 0. The minimum Gasteiger partial charge on any atom is -0.298 e. The Balaban J connectivity index is 2.26. The summed E-state index contributed by atoms with van der Waals surface area (Å²) in [6.07, 6.45) is 2.04. The molecule has 0 N–H and O–H groups in total.